The summed E-state index contributed by atoms with van der Waals surface area (Å²) in [5, 5.41) is 3.75. The molecular formula is C22H17FIN3O2. The van der Waals surface area contributed by atoms with Crippen LogP contribution < -0.4 is 14.8 Å². The first kappa shape index (κ1) is 19.4. The number of benzene rings is 3. The van der Waals surface area contributed by atoms with Gasteiger partial charge in [0.05, 0.1) is 18.3 Å². The molecule has 4 aromatic rings. The topological polar surface area (TPSA) is 56.3 Å². The van der Waals surface area contributed by atoms with E-state index >= 15 is 0 Å². The van der Waals surface area contributed by atoms with Crippen molar-refractivity contribution in [3.05, 3.63) is 81.9 Å². The summed E-state index contributed by atoms with van der Waals surface area (Å²) in [6.07, 6.45) is 1.43. The molecule has 0 saturated heterocycles. The molecule has 0 atom stereocenters. The molecule has 0 unspecified atom stereocenters. The van der Waals surface area contributed by atoms with Crippen LogP contribution >= 0.6 is 22.6 Å². The van der Waals surface area contributed by atoms with Gasteiger partial charge in [-0.3, -0.25) is 0 Å². The molecule has 1 aromatic heterocycles. The lowest BCUT2D eigenvalue weighted by Gasteiger charge is -2.14. The fourth-order valence-electron chi connectivity index (χ4n) is 2.89. The van der Waals surface area contributed by atoms with Crippen LogP contribution in [-0.2, 0) is 6.61 Å². The summed E-state index contributed by atoms with van der Waals surface area (Å²) >= 11 is 2.07. The third-order valence-electron chi connectivity index (χ3n) is 4.34. The Balaban J connectivity index is 1.67. The molecule has 0 saturated carbocycles. The Labute approximate surface area is 181 Å². The maximum absolute atomic E-state index is 14.3. The van der Waals surface area contributed by atoms with Gasteiger partial charge in [-0.2, -0.15) is 0 Å². The number of hydrogen-bond acceptors (Lipinski definition) is 5. The van der Waals surface area contributed by atoms with E-state index in [0.717, 1.165) is 9.13 Å². The molecular weight excluding hydrogens is 484 g/mol. The number of anilines is 2. The van der Waals surface area contributed by atoms with E-state index in [1.807, 2.05) is 36.4 Å². The van der Waals surface area contributed by atoms with E-state index in [1.165, 1.54) is 12.4 Å². The highest BCUT2D eigenvalue weighted by Gasteiger charge is 2.13. The van der Waals surface area contributed by atoms with Crippen LogP contribution in [0.25, 0.3) is 10.9 Å². The molecule has 146 valence electrons. The van der Waals surface area contributed by atoms with Gasteiger partial charge in [-0.05, 0) is 52.4 Å². The Hall–Kier alpha value is -2.94. The molecule has 0 amide bonds. The van der Waals surface area contributed by atoms with Gasteiger partial charge in [-0.15, -0.1) is 0 Å². The average molecular weight is 501 g/mol. The first-order chi connectivity index (χ1) is 14.1. The molecule has 0 aliphatic carbocycles. The lowest BCUT2D eigenvalue weighted by atomic mass is 10.2. The Morgan fingerprint density at radius 2 is 1.83 bits per heavy atom. The summed E-state index contributed by atoms with van der Waals surface area (Å²) in [6.45, 7) is 0.409. The van der Waals surface area contributed by atoms with Gasteiger partial charge >= 0.3 is 0 Å². The van der Waals surface area contributed by atoms with Crippen LogP contribution in [0.5, 0.6) is 11.5 Å². The zero-order valence-corrected chi connectivity index (χ0v) is 17.7. The largest absolute Gasteiger partial charge is 0.493 e. The molecule has 5 nitrogen and oxygen atoms in total. The number of rotatable bonds is 6. The van der Waals surface area contributed by atoms with Crippen LogP contribution in [-0.4, -0.2) is 17.1 Å². The summed E-state index contributed by atoms with van der Waals surface area (Å²) < 4.78 is 26.5. The first-order valence-corrected chi connectivity index (χ1v) is 9.93. The SMILES string of the molecule is COc1cc2c(Nc3ccc(I)cc3F)ncnc2cc1OCc1ccccc1. The van der Waals surface area contributed by atoms with E-state index in [-0.39, 0.29) is 5.82 Å². The lowest BCUT2D eigenvalue weighted by molar-refractivity contribution is 0.285. The van der Waals surface area contributed by atoms with Crippen molar-refractivity contribution in [3.8, 4) is 11.5 Å². The molecule has 3 aromatic carbocycles. The number of hydrogen-bond donors (Lipinski definition) is 1. The van der Waals surface area contributed by atoms with Crippen molar-refractivity contribution in [1.29, 1.82) is 0 Å². The van der Waals surface area contributed by atoms with Crippen LogP contribution in [0, 0.1) is 9.39 Å². The second kappa shape index (κ2) is 8.60. The fourth-order valence-corrected chi connectivity index (χ4v) is 3.34. The van der Waals surface area contributed by atoms with E-state index in [0.29, 0.717) is 40.5 Å². The van der Waals surface area contributed by atoms with Crippen LogP contribution in [0.3, 0.4) is 0 Å². The fraction of sp³-hybridized carbons (Fsp3) is 0.0909. The molecule has 0 aliphatic heterocycles. The van der Waals surface area contributed by atoms with Gasteiger partial charge < -0.3 is 14.8 Å². The van der Waals surface area contributed by atoms with Crippen LogP contribution in [0.4, 0.5) is 15.9 Å². The minimum Gasteiger partial charge on any atom is -0.493 e. The maximum Gasteiger partial charge on any atom is 0.163 e. The van der Waals surface area contributed by atoms with E-state index in [2.05, 4.69) is 37.9 Å². The number of nitrogens with one attached hydrogen (secondary N) is 1. The summed E-state index contributed by atoms with van der Waals surface area (Å²) in [6, 6.07) is 18.4. The van der Waals surface area contributed by atoms with E-state index in [9.17, 15) is 4.39 Å². The minimum atomic E-state index is -0.349. The molecule has 0 radical (unpaired) electrons. The van der Waals surface area contributed by atoms with Crippen molar-refractivity contribution in [2.75, 3.05) is 12.4 Å². The van der Waals surface area contributed by atoms with Gasteiger partial charge in [0.15, 0.2) is 11.5 Å². The second-order valence-corrected chi connectivity index (χ2v) is 7.51. The zero-order valence-electron chi connectivity index (χ0n) is 15.5. The molecule has 29 heavy (non-hydrogen) atoms. The number of nitrogens with zero attached hydrogens (tertiary/aromatic N) is 2. The Morgan fingerprint density at radius 1 is 1.00 bits per heavy atom. The number of halogens is 2. The minimum absolute atomic E-state index is 0.341. The monoisotopic (exact) mass is 501 g/mol. The Kier molecular flexibility index (Phi) is 5.75. The quantitative estimate of drug-likeness (QED) is 0.344. The van der Waals surface area contributed by atoms with Crippen LogP contribution in [0.2, 0.25) is 0 Å². The smallest absolute Gasteiger partial charge is 0.163 e. The standard InChI is InChI=1S/C22H17FIN3O2/c1-28-20-10-16-19(11-21(20)29-12-14-5-3-2-4-6-14)25-13-26-22(16)27-18-8-7-15(24)9-17(18)23/h2-11,13H,12H2,1H3,(H,25,26,27). The molecule has 0 bridgehead atoms. The number of fused-ring (bicyclic) bond motifs is 1. The van der Waals surface area contributed by atoms with Gasteiger partial charge in [-0.25, -0.2) is 14.4 Å². The Bertz CT molecular complexity index is 1160. The normalized spacial score (nSPS) is 10.7. The number of ether oxygens (including phenoxy) is 2. The molecule has 0 aliphatic rings. The van der Waals surface area contributed by atoms with Crippen LogP contribution in [0.15, 0.2) is 67.0 Å². The van der Waals surface area contributed by atoms with Gasteiger partial charge in [0.25, 0.3) is 0 Å². The van der Waals surface area contributed by atoms with Gasteiger partial charge in [0, 0.05) is 15.0 Å². The van der Waals surface area contributed by atoms with Crippen molar-refractivity contribution in [2.24, 2.45) is 0 Å². The maximum atomic E-state index is 14.3. The zero-order chi connectivity index (χ0) is 20.2. The molecule has 7 heteroatoms. The van der Waals surface area contributed by atoms with Crippen molar-refractivity contribution in [3.63, 3.8) is 0 Å². The van der Waals surface area contributed by atoms with E-state index < -0.39 is 0 Å². The van der Waals surface area contributed by atoms with E-state index in [1.54, 1.807) is 25.3 Å². The predicted molar refractivity (Wildman–Crippen MR) is 119 cm³/mol. The Morgan fingerprint density at radius 3 is 2.59 bits per heavy atom. The van der Waals surface area contributed by atoms with Crippen molar-refractivity contribution >= 4 is 45.0 Å². The summed E-state index contributed by atoms with van der Waals surface area (Å²) in [7, 11) is 1.58. The van der Waals surface area contributed by atoms with Crippen LogP contribution in [0.1, 0.15) is 5.56 Å². The van der Waals surface area contributed by atoms with E-state index in [4.69, 9.17) is 9.47 Å². The van der Waals surface area contributed by atoms with Crippen molar-refractivity contribution in [1.82, 2.24) is 9.97 Å². The van der Waals surface area contributed by atoms with Crippen molar-refractivity contribution in [2.45, 2.75) is 6.61 Å². The highest BCUT2D eigenvalue weighted by Crippen LogP contribution is 2.35. The first-order valence-electron chi connectivity index (χ1n) is 8.85. The number of aromatic nitrogens is 2. The van der Waals surface area contributed by atoms with Crippen molar-refractivity contribution < 1.29 is 13.9 Å². The summed E-state index contributed by atoms with van der Waals surface area (Å²) in [5.74, 6) is 1.27. The molecule has 0 fully saturated rings. The van der Waals surface area contributed by atoms with Gasteiger partial charge in [-0.1, -0.05) is 30.3 Å². The number of methoxy groups -OCH3 is 1. The lowest BCUT2D eigenvalue weighted by Crippen LogP contribution is -2.01. The predicted octanol–water partition coefficient (Wildman–Crippen LogP) is 5.70. The molecule has 0 spiro atoms. The highest BCUT2D eigenvalue weighted by molar-refractivity contribution is 14.1. The molecule has 1 heterocycles. The second-order valence-electron chi connectivity index (χ2n) is 6.27. The molecule has 4 rings (SSSR count). The average Bonchev–Trinajstić information content (AvgIpc) is 2.74. The third kappa shape index (κ3) is 4.40. The van der Waals surface area contributed by atoms with Gasteiger partial charge in [0.1, 0.15) is 24.6 Å². The highest BCUT2D eigenvalue weighted by atomic mass is 127. The summed E-state index contributed by atoms with van der Waals surface area (Å²) in [4.78, 5) is 8.61. The third-order valence-corrected chi connectivity index (χ3v) is 5.01. The summed E-state index contributed by atoms with van der Waals surface area (Å²) in [5.41, 5.74) is 2.06. The van der Waals surface area contributed by atoms with Gasteiger partial charge in [0.2, 0.25) is 0 Å². The molecule has 1 N–H and O–H groups in total.